The van der Waals surface area contributed by atoms with Crippen LogP contribution in [-0.2, 0) is 9.59 Å². The van der Waals surface area contributed by atoms with Gasteiger partial charge in [-0.25, -0.2) is 4.39 Å². The number of nitrogens with zero attached hydrogens (tertiary/aromatic N) is 1. The minimum atomic E-state index is -0.993. The molecule has 0 spiro atoms. The van der Waals surface area contributed by atoms with Crippen LogP contribution in [0.2, 0.25) is 0 Å². The fourth-order valence-electron chi connectivity index (χ4n) is 2.38. The number of hydrogen-bond acceptors (Lipinski definition) is 3. The summed E-state index contributed by atoms with van der Waals surface area (Å²) in [6.45, 7) is 3.29. The van der Waals surface area contributed by atoms with Crippen molar-refractivity contribution in [2.45, 2.75) is 44.9 Å². The lowest BCUT2D eigenvalue weighted by Gasteiger charge is -2.31. The maximum Gasteiger partial charge on any atom is 0.248 e. The van der Waals surface area contributed by atoms with Crippen LogP contribution in [-0.4, -0.2) is 41.0 Å². The Labute approximate surface area is 135 Å². The normalized spacial score (nSPS) is 18.0. The molecule has 5 nitrogen and oxygen atoms in total. The Morgan fingerprint density at radius 2 is 1.83 bits per heavy atom. The molecule has 2 rings (SSSR count). The monoisotopic (exact) mass is 322 g/mol. The van der Waals surface area contributed by atoms with E-state index in [9.17, 15) is 19.1 Å². The Balaban J connectivity index is 2.07. The molecule has 0 bridgehead atoms. The summed E-state index contributed by atoms with van der Waals surface area (Å²) in [5.74, 6) is -0.935. The van der Waals surface area contributed by atoms with Gasteiger partial charge in [0.1, 0.15) is 11.9 Å². The van der Waals surface area contributed by atoms with Crippen molar-refractivity contribution >= 4 is 11.8 Å². The van der Waals surface area contributed by atoms with E-state index in [-0.39, 0.29) is 29.6 Å². The summed E-state index contributed by atoms with van der Waals surface area (Å²) in [4.78, 5) is 26.0. The molecule has 1 aliphatic carbocycles. The standard InChI is InChI=1S/C17H23FN2O3/c1-10(12-6-8-14(18)9-7-12)20(3)17(23)15(11(2)21)19-16(22)13-4-5-13/h6-11,13,15,21H,4-5H2,1-3H3,(H,19,22). The number of carbonyl (C=O) groups is 2. The zero-order chi connectivity index (χ0) is 17.1. The Morgan fingerprint density at radius 3 is 2.30 bits per heavy atom. The van der Waals surface area contributed by atoms with Gasteiger partial charge in [0.25, 0.3) is 0 Å². The number of halogens is 1. The van der Waals surface area contributed by atoms with Crippen LogP contribution in [0.5, 0.6) is 0 Å². The highest BCUT2D eigenvalue weighted by atomic mass is 19.1. The number of nitrogens with one attached hydrogen (secondary N) is 1. The molecule has 6 heteroatoms. The largest absolute Gasteiger partial charge is 0.391 e. The molecule has 1 aromatic carbocycles. The summed E-state index contributed by atoms with van der Waals surface area (Å²) >= 11 is 0. The van der Waals surface area contributed by atoms with Gasteiger partial charge in [-0.05, 0) is 44.4 Å². The Kier molecular flexibility index (Phi) is 5.36. The van der Waals surface area contributed by atoms with Crippen LogP contribution in [0.25, 0.3) is 0 Å². The first-order chi connectivity index (χ1) is 10.8. The van der Waals surface area contributed by atoms with Gasteiger partial charge in [0.2, 0.25) is 11.8 Å². The van der Waals surface area contributed by atoms with E-state index in [2.05, 4.69) is 5.32 Å². The molecule has 1 aliphatic rings. The van der Waals surface area contributed by atoms with Crippen molar-refractivity contribution in [3.05, 3.63) is 35.6 Å². The van der Waals surface area contributed by atoms with Crippen molar-refractivity contribution in [3.63, 3.8) is 0 Å². The number of rotatable bonds is 6. The molecule has 0 saturated heterocycles. The molecule has 0 aromatic heterocycles. The van der Waals surface area contributed by atoms with Crippen LogP contribution >= 0.6 is 0 Å². The lowest BCUT2D eigenvalue weighted by molar-refractivity contribution is -0.140. The van der Waals surface area contributed by atoms with Crippen LogP contribution in [0.4, 0.5) is 4.39 Å². The van der Waals surface area contributed by atoms with Crippen molar-refractivity contribution in [2.75, 3.05) is 7.05 Å². The van der Waals surface area contributed by atoms with Gasteiger partial charge in [0.05, 0.1) is 12.1 Å². The number of carbonyl (C=O) groups excluding carboxylic acids is 2. The van der Waals surface area contributed by atoms with E-state index in [0.717, 1.165) is 18.4 Å². The molecule has 1 saturated carbocycles. The van der Waals surface area contributed by atoms with E-state index >= 15 is 0 Å². The molecule has 1 fully saturated rings. The Hall–Kier alpha value is -1.95. The summed E-state index contributed by atoms with van der Waals surface area (Å²) in [6, 6.07) is 4.63. The van der Waals surface area contributed by atoms with Crippen molar-refractivity contribution in [3.8, 4) is 0 Å². The van der Waals surface area contributed by atoms with Crippen LogP contribution in [0.3, 0.4) is 0 Å². The molecule has 126 valence electrons. The first-order valence-corrected chi connectivity index (χ1v) is 7.82. The van der Waals surface area contributed by atoms with Crippen molar-refractivity contribution < 1.29 is 19.1 Å². The fraction of sp³-hybridized carbons (Fsp3) is 0.529. The number of hydrogen-bond donors (Lipinski definition) is 2. The van der Waals surface area contributed by atoms with E-state index in [1.54, 1.807) is 19.2 Å². The van der Waals surface area contributed by atoms with Gasteiger partial charge in [-0.1, -0.05) is 12.1 Å². The Bertz CT molecular complexity index is 570. The number of aliphatic hydroxyl groups excluding tert-OH is 1. The average molecular weight is 322 g/mol. The molecular weight excluding hydrogens is 299 g/mol. The zero-order valence-electron chi connectivity index (χ0n) is 13.6. The summed E-state index contributed by atoms with van der Waals surface area (Å²) < 4.78 is 13.0. The van der Waals surface area contributed by atoms with E-state index < -0.39 is 12.1 Å². The van der Waals surface area contributed by atoms with Gasteiger partial charge in [-0.3, -0.25) is 9.59 Å². The second-order valence-corrected chi connectivity index (χ2v) is 6.18. The molecule has 0 heterocycles. The predicted molar refractivity (Wildman–Crippen MR) is 83.9 cm³/mol. The van der Waals surface area contributed by atoms with E-state index in [0.29, 0.717) is 0 Å². The summed E-state index contributed by atoms with van der Waals surface area (Å²) in [5.41, 5.74) is 0.778. The molecule has 0 aliphatic heterocycles. The third-order valence-corrected chi connectivity index (χ3v) is 4.28. The van der Waals surface area contributed by atoms with Gasteiger partial charge in [-0.15, -0.1) is 0 Å². The molecule has 23 heavy (non-hydrogen) atoms. The highest BCUT2D eigenvalue weighted by molar-refractivity contribution is 5.89. The van der Waals surface area contributed by atoms with Gasteiger partial charge < -0.3 is 15.3 Å². The van der Waals surface area contributed by atoms with Gasteiger partial charge in [0, 0.05) is 13.0 Å². The number of aliphatic hydroxyl groups is 1. The average Bonchev–Trinajstić information content (AvgIpc) is 3.35. The lowest BCUT2D eigenvalue weighted by atomic mass is 10.0. The van der Waals surface area contributed by atoms with Gasteiger partial charge in [0.15, 0.2) is 0 Å². The first-order valence-electron chi connectivity index (χ1n) is 7.82. The molecular formula is C17H23FN2O3. The number of likely N-dealkylation sites (N-methyl/N-ethyl adjacent to an activating group) is 1. The molecule has 0 radical (unpaired) electrons. The molecule has 1 aromatic rings. The Morgan fingerprint density at radius 1 is 1.26 bits per heavy atom. The SMILES string of the molecule is CC(O)C(NC(=O)C1CC1)C(=O)N(C)C(C)c1ccc(F)cc1. The summed E-state index contributed by atoms with van der Waals surface area (Å²) in [6.07, 6.45) is 0.663. The quantitative estimate of drug-likeness (QED) is 0.836. The minimum absolute atomic E-state index is 0.0381. The van der Waals surface area contributed by atoms with Crippen LogP contribution in [0, 0.1) is 11.7 Å². The van der Waals surface area contributed by atoms with E-state index in [4.69, 9.17) is 0 Å². The summed E-state index contributed by atoms with van der Waals surface area (Å²) in [7, 11) is 1.61. The molecule has 2 amide bonds. The molecule has 3 atom stereocenters. The smallest absolute Gasteiger partial charge is 0.248 e. The van der Waals surface area contributed by atoms with Crippen LogP contribution in [0.15, 0.2) is 24.3 Å². The second kappa shape index (κ2) is 7.08. The topological polar surface area (TPSA) is 69.6 Å². The maximum atomic E-state index is 13.0. The number of benzene rings is 1. The van der Waals surface area contributed by atoms with Crippen LogP contribution < -0.4 is 5.32 Å². The summed E-state index contributed by atoms with van der Waals surface area (Å²) in [5, 5.41) is 12.5. The third kappa shape index (κ3) is 4.28. The van der Waals surface area contributed by atoms with E-state index in [1.807, 2.05) is 6.92 Å². The van der Waals surface area contributed by atoms with Crippen molar-refractivity contribution in [1.82, 2.24) is 10.2 Å². The van der Waals surface area contributed by atoms with Crippen LogP contribution in [0.1, 0.15) is 38.3 Å². The van der Waals surface area contributed by atoms with Gasteiger partial charge in [-0.2, -0.15) is 0 Å². The highest BCUT2D eigenvalue weighted by Crippen LogP contribution is 2.29. The predicted octanol–water partition coefficient (Wildman–Crippen LogP) is 1.62. The highest BCUT2D eigenvalue weighted by Gasteiger charge is 2.36. The van der Waals surface area contributed by atoms with E-state index in [1.165, 1.54) is 24.0 Å². The third-order valence-electron chi connectivity index (χ3n) is 4.28. The molecule has 3 unspecified atom stereocenters. The van der Waals surface area contributed by atoms with Crippen molar-refractivity contribution in [2.24, 2.45) is 5.92 Å². The fourth-order valence-corrected chi connectivity index (χ4v) is 2.38. The second-order valence-electron chi connectivity index (χ2n) is 6.18. The first kappa shape index (κ1) is 17.4. The zero-order valence-corrected chi connectivity index (χ0v) is 13.6. The maximum absolute atomic E-state index is 13.0. The van der Waals surface area contributed by atoms with Gasteiger partial charge >= 0.3 is 0 Å². The number of amides is 2. The molecule has 2 N–H and O–H groups in total. The van der Waals surface area contributed by atoms with Crippen molar-refractivity contribution in [1.29, 1.82) is 0 Å². The lowest BCUT2D eigenvalue weighted by Crippen LogP contribution is -2.53. The minimum Gasteiger partial charge on any atom is -0.391 e.